The molecule has 0 bridgehead atoms. The van der Waals surface area contributed by atoms with Crippen LogP contribution in [0.5, 0.6) is 0 Å². The van der Waals surface area contributed by atoms with E-state index in [9.17, 15) is 0 Å². The summed E-state index contributed by atoms with van der Waals surface area (Å²) in [6, 6.07) is 0. The van der Waals surface area contributed by atoms with E-state index >= 15 is 0 Å². The van der Waals surface area contributed by atoms with E-state index in [0.29, 0.717) is 0 Å². The molecule has 1 unspecified atom stereocenters. The molecule has 1 atom stereocenters. The second kappa shape index (κ2) is 5.86. The summed E-state index contributed by atoms with van der Waals surface area (Å²) in [6.45, 7) is 9.02. The van der Waals surface area contributed by atoms with Crippen molar-refractivity contribution in [1.82, 2.24) is 10.2 Å². The third-order valence-electron chi connectivity index (χ3n) is 4.18. The topological polar surface area (TPSA) is 15.3 Å². The average Bonchev–Trinajstić information content (AvgIpc) is 2.31. The van der Waals surface area contributed by atoms with Crippen LogP contribution in [0.1, 0.15) is 39.0 Å². The highest BCUT2D eigenvalue weighted by Gasteiger charge is 2.22. The fraction of sp³-hybridized carbons (Fsp3) is 1.00. The number of piperidine rings is 2. The zero-order chi connectivity index (χ0) is 10.5. The van der Waals surface area contributed by atoms with Gasteiger partial charge in [-0.2, -0.15) is 0 Å². The minimum Gasteiger partial charge on any atom is -0.317 e. The van der Waals surface area contributed by atoms with Gasteiger partial charge in [-0.3, -0.25) is 0 Å². The maximum Gasteiger partial charge on any atom is 0.000968 e. The number of likely N-dealkylation sites (tertiary alicyclic amines) is 1. The Morgan fingerprint density at radius 2 is 1.80 bits per heavy atom. The Morgan fingerprint density at radius 1 is 1.13 bits per heavy atom. The van der Waals surface area contributed by atoms with Gasteiger partial charge in [0.05, 0.1) is 0 Å². The van der Waals surface area contributed by atoms with Crippen molar-refractivity contribution in [2.45, 2.75) is 39.0 Å². The van der Waals surface area contributed by atoms with Crippen molar-refractivity contribution >= 4 is 0 Å². The van der Waals surface area contributed by atoms with Crippen molar-refractivity contribution in [3.63, 3.8) is 0 Å². The lowest BCUT2D eigenvalue weighted by molar-refractivity contribution is 0.157. The number of rotatable bonds is 3. The van der Waals surface area contributed by atoms with E-state index < -0.39 is 0 Å². The molecule has 0 aromatic carbocycles. The summed E-state index contributed by atoms with van der Waals surface area (Å²) in [5, 5.41) is 3.46. The zero-order valence-electron chi connectivity index (χ0n) is 10.2. The Bertz CT molecular complexity index is 169. The highest BCUT2D eigenvalue weighted by atomic mass is 15.1. The van der Waals surface area contributed by atoms with Gasteiger partial charge in [0.15, 0.2) is 0 Å². The van der Waals surface area contributed by atoms with E-state index in [2.05, 4.69) is 17.1 Å². The zero-order valence-corrected chi connectivity index (χ0v) is 10.2. The van der Waals surface area contributed by atoms with Gasteiger partial charge in [0, 0.05) is 6.54 Å². The fourth-order valence-corrected chi connectivity index (χ4v) is 3.11. The minimum absolute atomic E-state index is 0.908. The molecule has 0 aromatic heterocycles. The van der Waals surface area contributed by atoms with Gasteiger partial charge in [-0.1, -0.05) is 13.3 Å². The summed E-state index contributed by atoms with van der Waals surface area (Å²) >= 11 is 0. The van der Waals surface area contributed by atoms with Crippen molar-refractivity contribution in [2.24, 2.45) is 11.8 Å². The van der Waals surface area contributed by atoms with Crippen LogP contribution in [0.25, 0.3) is 0 Å². The lowest BCUT2D eigenvalue weighted by atomic mass is 9.85. The van der Waals surface area contributed by atoms with Gasteiger partial charge < -0.3 is 10.2 Å². The van der Waals surface area contributed by atoms with Gasteiger partial charge in [0.25, 0.3) is 0 Å². The average molecular weight is 210 g/mol. The van der Waals surface area contributed by atoms with Crippen LogP contribution < -0.4 is 5.32 Å². The molecule has 2 aliphatic rings. The highest BCUT2D eigenvalue weighted by Crippen LogP contribution is 2.23. The van der Waals surface area contributed by atoms with Gasteiger partial charge >= 0.3 is 0 Å². The van der Waals surface area contributed by atoms with Crippen molar-refractivity contribution in [2.75, 3.05) is 32.7 Å². The van der Waals surface area contributed by atoms with Gasteiger partial charge in [-0.05, 0) is 63.7 Å². The van der Waals surface area contributed by atoms with Crippen LogP contribution in [0.3, 0.4) is 0 Å². The molecule has 2 saturated heterocycles. The van der Waals surface area contributed by atoms with Crippen LogP contribution in [0.2, 0.25) is 0 Å². The normalized spacial score (nSPS) is 27.8. The van der Waals surface area contributed by atoms with E-state index in [1.165, 1.54) is 64.8 Å². The minimum atomic E-state index is 0.908. The second-order valence-corrected chi connectivity index (χ2v) is 5.43. The Labute approximate surface area is 94.4 Å². The lowest BCUT2D eigenvalue weighted by Gasteiger charge is -2.34. The van der Waals surface area contributed by atoms with Crippen molar-refractivity contribution in [3.05, 3.63) is 0 Å². The SMILES string of the molecule is CC(CN1CCCCC1)C1CCNCC1. The maximum absolute atomic E-state index is 3.46. The summed E-state index contributed by atoms with van der Waals surface area (Å²) in [6.07, 6.45) is 7.11. The molecular formula is C13H26N2. The molecule has 0 aromatic rings. The van der Waals surface area contributed by atoms with Crippen LogP contribution in [0.4, 0.5) is 0 Å². The molecular weight excluding hydrogens is 184 g/mol. The summed E-state index contributed by atoms with van der Waals surface area (Å²) < 4.78 is 0. The number of nitrogens with zero attached hydrogens (tertiary/aromatic N) is 1. The molecule has 0 saturated carbocycles. The van der Waals surface area contributed by atoms with E-state index in [4.69, 9.17) is 0 Å². The fourth-order valence-electron chi connectivity index (χ4n) is 3.11. The molecule has 2 aliphatic heterocycles. The Kier molecular flexibility index (Phi) is 4.45. The second-order valence-electron chi connectivity index (χ2n) is 5.43. The van der Waals surface area contributed by atoms with Gasteiger partial charge in [-0.15, -0.1) is 0 Å². The molecule has 0 amide bonds. The first kappa shape index (κ1) is 11.4. The van der Waals surface area contributed by atoms with Crippen molar-refractivity contribution in [1.29, 1.82) is 0 Å². The molecule has 2 heterocycles. The molecule has 15 heavy (non-hydrogen) atoms. The molecule has 2 nitrogen and oxygen atoms in total. The molecule has 88 valence electrons. The first-order chi connectivity index (χ1) is 7.36. The largest absolute Gasteiger partial charge is 0.317 e. The maximum atomic E-state index is 3.46. The van der Waals surface area contributed by atoms with Crippen LogP contribution in [-0.2, 0) is 0 Å². The number of hydrogen-bond acceptors (Lipinski definition) is 2. The van der Waals surface area contributed by atoms with Crippen LogP contribution in [0, 0.1) is 11.8 Å². The molecule has 1 N–H and O–H groups in total. The third kappa shape index (κ3) is 3.46. The molecule has 2 fully saturated rings. The monoisotopic (exact) mass is 210 g/mol. The smallest absolute Gasteiger partial charge is 0.000968 e. The Balaban J connectivity index is 1.72. The summed E-state index contributed by atoms with van der Waals surface area (Å²) in [5.41, 5.74) is 0. The third-order valence-corrected chi connectivity index (χ3v) is 4.18. The lowest BCUT2D eigenvalue weighted by Crippen LogP contribution is -2.38. The van der Waals surface area contributed by atoms with Crippen molar-refractivity contribution in [3.8, 4) is 0 Å². The Morgan fingerprint density at radius 3 is 2.47 bits per heavy atom. The van der Waals surface area contributed by atoms with E-state index in [1.54, 1.807) is 0 Å². The molecule has 2 rings (SSSR count). The van der Waals surface area contributed by atoms with E-state index in [-0.39, 0.29) is 0 Å². The standard InChI is InChI=1S/C13H26N2/c1-12(13-5-7-14-8-6-13)11-15-9-3-2-4-10-15/h12-14H,2-11H2,1H3. The molecule has 0 radical (unpaired) electrons. The summed E-state index contributed by atoms with van der Waals surface area (Å²) in [7, 11) is 0. The van der Waals surface area contributed by atoms with Gasteiger partial charge in [0.1, 0.15) is 0 Å². The van der Waals surface area contributed by atoms with E-state index in [1.807, 2.05) is 0 Å². The predicted octanol–water partition coefficient (Wildman–Crippen LogP) is 2.11. The van der Waals surface area contributed by atoms with Crippen LogP contribution in [-0.4, -0.2) is 37.6 Å². The highest BCUT2D eigenvalue weighted by molar-refractivity contribution is 4.76. The molecule has 2 heteroatoms. The van der Waals surface area contributed by atoms with Gasteiger partial charge in [-0.25, -0.2) is 0 Å². The molecule has 0 aliphatic carbocycles. The Hall–Kier alpha value is -0.0800. The number of nitrogens with one attached hydrogen (secondary N) is 1. The summed E-state index contributed by atoms with van der Waals surface area (Å²) in [5.74, 6) is 1.89. The first-order valence-corrected chi connectivity index (χ1v) is 6.79. The van der Waals surface area contributed by atoms with Crippen LogP contribution >= 0.6 is 0 Å². The van der Waals surface area contributed by atoms with Crippen LogP contribution in [0.15, 0.2) is 0 Å². The molecule has 0 spiro atoms. The summed E-state index contributed by atoms with van der Waals surface area (Å²) in [4.78, 5) is 2.69. The number of hydrogen-bond donors (Lipinski definition) is 1. The van der Waals surface area contributed by atoms with Gasteiger partial charge in [0.2, 0.25) is 0 Å². The quantitative estimate of drug-likeness (QED) is 0.767. The first-order valence-electron chi connectivity index (χ1n) is 6.79. The van der Waals surface area contributed by atoms with Crippen molar-refractivity contribution < 1.29 is 0 Å². The predicted molar refractivity (Wildman–Crippen MR) is 65.0 cm³/mol. The van der Waals surface area contributed by atoms with E-state index in [0.717, 1.165) is 11.8 Å².